The van der Waals surface area contributed by atoms with E-state index in [1.807, 2.05) is 54.6 Å². The zero-order valence-corrected chi connectivity index (χ0v) is 19.4. The molecule has 1 aliphatic rings. The Morgan fingerprint density at radius 3 is 1.66 bits per heavy atom. The molecule has 4 aromatic carbocycles. The largest absolute Gasteiger partial charge is 0.497 e. The van der Waals surface area contributed by atoms with Gasteiger partial charge in [0.1, 0.15) is 17.5 Å². The zero-order valence-electron chi connectivity index (χ0n) is 19.4. The van der Waals surface area contributed by atoms with Crippen molar-refractivity contribution in [2.45, 2.75) is 6.04 Å². The van der Waals surface area contributed by atoms with Crippen LogP contribution in [0, 0.1) is 0 Å². The zero-order chi connectivity index (χ0) is 24.4. The molecule has 4 aromatic rings. The lowest BCUT2D eigenvalue weighted by Crippen LogP contribution is -2.33. The van der Waals surface area contributed by atoms with Crippen molar-refractivity contribution in [1.29, 1.82) is 0 Å². The van der Waals surface area contributed by atoms with Crippen LogP contribution in [-0.4, -0.2) is 26.2 Å². The summed E-state index contributed by atoms with van der Waals surface area (Å²) in [6, 6.07) is 30.6. The van der Waals surface area contributed by atoms with Gasteiger partial charge in [0.05, 0.1) is 19.9 Å². The highest BCUT2D eigenvalue weighted by atomic mass is 16.5. The van der Waals surface area contributed by atoms with Gasteiger partial charge in [-0.2, -0.15) is 0 Å². The summed E-state index contributed by atoms with van der Waals surface area (Å²) < 4.78 is 10.5. The molecule has 1 unspecified atom stereocenters. The van der Waals surface area contributed by atoms with Crippen LogP contribution in [0.25, 0.3) is 11.1 Å². The van der Waals surface area contributed by atoms with Crippen LogP contribution < -0.4 is 19.3 Å². The first-order valence-electron chi connectivity index (χ1n) is 11.2. The van der Waals surface area contributed by atoms with Crippen LogP contribution in [0.1, 0.15) is 11.6 Å². The fourth-order valence-corrected chi connectivity index (χ4v) is 4.30. The summed E-state index contributed by atoms with van der Waals surface area (Å²) in [4.78, 5) is 30.2. The predicted molar refractivity (Wildman–Crippen MR) is 136 cm³/mol. The van der Waals surface area contributed by atoms with Gasteiger partial charge in [-0.3, -0.25) is 9.69 Å². The van der Waals surface area contributed by atoms with Crippen LogP contribution in [-0.2, 0) is 4.79 Å². The minimum Gasteiger partial charge on any atom is -0.497 e. The molecule has 0 aliphatic carbocycles. The molecule has 1 aliphatic heterocycles. The lowest BCUT2D eigenvalue weighted by atomic mass is 9.99. The highest BCUT2D eigenvalue weighted by Crippen LogP contribution is 2.39. The van der Waals surface area contributed by atoms with E-state index in [0.29, 0.717) is 22.9 Å². The standard InChI is InChI=1S/C29H24N2O4/c1-34-25-16-12-23(13-17-25)30-27(22-10-8-21(9-11-22)20-6-4-3-5-7-20)28(32)31(29(30)33)24-14-18-26(35-2)19-15-24/h3-19,27H,1-2H3. The lowest BCUT2D eigenvalue weighted by Gasteiger charge is -2.22. The molecule has 0 radical (unpaired) electrons. The van der Waals surface area contributed by atoms with Gasteiger partial charge in [-0.25, -0.2) is 9.69 Å². The van der Waals surface area contributed by atoms with Gasteiger partial charge in [0.2, 0.25) is 0 Å². The number of hydrogen-bond donors (Lipinski definition) is 0. The van der Waals surface area contributed by atoms with Gasteiger partial charge in [0.15, 0.2) is 0 Å². The molecule has 0 spiro atoms. The van der Waals surface area contributed by atoms with E-state index >= 15 is 0 Å². The van der Waals surface area contributed by atoms with Gasteiger partial charge in [-0.1, -0.05) is 54.6 Å². The Kier molecular flexibility index (Phi) is 5.94. The van der Waals surface area contributed by atoms with Gasteiger partial charge < -0.3 is 9.47 Å². The van der Waals surface area contributed by atoms with Crippen LogP contribution in [0.4, 0.5) is 16.2 Å². The van der Waals surface area contributed by atoms with E-state index in [4.69, 9.17) is 9.47 Å². The molecule has 1 atom stereocenters. The Bertz CT molecular complexity index is 1330. The molecular formula is C29H24N2O4. The minimum atomic E-state index is -0.803. The smallest absolute Gasteiger partial charge is 0.336 e. The van der Waals surface area contributed by atoms with E-state index in [0.717, 1.165) is 16.7 Å². The van der Waals surface area contributed by atoms with E-state index in [9.17, 15) is 9.59 Å². The van der Waals surface area contributed by atoms with Crippen molar-refractivity contribution >= 4 is 23.3 Å². The van der Waals surface area contributed by atoms with Crippen LogP contribution >= 0.6 is 0 Å². The second-order valence-electron chi connectivity index (χ2n) is 8.11. The summed E-state index contributed by atoms with van der Waals surface area (Å²) in [5, 5.41) is 0. The van der Waals surface area contributed by atoms with Crippen molar-refractivity contribution < 1.29 is 19.1 Å². The molecule has 6 nitrogen and oxygen atoms in total. The Morgan fingerprint density at radius 1 is 0.600 bits per heavy atom. The molecule has 0 N–H and O–H groups in total. The van der Waals surface area contributed by atoms with Crippen molar-refractivity contribution in [2.24, 2.45) is 0 Å². The Morgan fingerprint density at radius 2 is 1.11 bits per heavy atom. The minimum absolute atomic E-state index is 0.316. The van der Waals surface area contributed by atoms with Crippen molar-refractivity contribution in [3.8, 4) is 22.6 Å². The number of nitrogens with zero attached hydrogens (tertiary/aromatic N) is 2. The topological polar surface area (TPSA) is 59.1 Å². The van der Waals surface area contributed by atoms with Crippen LogP contribution in [0.2, 0.25) is 0 Å². The number of urea groups is 1. The van der Waals surface area contributed by atoms with Crippen molar-refractivity contribution in [3.05, 3.63) is 109 Å². The number of hydrogen-bond acceptors (Lipinski definition) is 4. The molecule has 174 valence electrons. The number of anilines is 2. The Labute approximate surface area is 203 Å². The van der Waals surface area contributed by atoms with Crippen LogP contribution in [0.15, 0.2) is 103 Å². The van der Waals surface area contributed by atoms with E-state index in [1.54, 1.807) is 62.8 Å². The normalized spacial score (nSPS) is 15.4. The number of benzene rings is 4. The van der Waals surface area contributed by atoms with Gasteiger partial charge in [-0.05, 0) is 65.2 Å². The van der Waals surface area contributed by atoms with Crippen LogP contribution in [0.5, 0.6) is 11.5 Å². The number of imide groups is 1. The van der Waals surface area contributed by atoms with Crippen molar-refractivity contribution in [3.63, 3.8) is 0 Å². The maximum atomic E-state index is 13.7. The molecule has 35 heavy (non-hydrogen) atoms. The monoisotopic (exact) mass is 464 g/mol. The number of ether oxygens (including phenoxy) is 2. The van der Waals surface area contributed by atoms with E-state index in [2.05, 4.69) is 0 Å². The number of carbonyl (C=O) groups excluding carboxylic acids is 2. The Hall–Kier alpha value is -4.58. The fraction of sp³-hybridized carbons (Fsp3) is 0.103. The van der Waals surface area contributed by atoms with Crippen LogP contribution in [0.3, 0.4) is 0 Å². The average molecular weight is 465 g/mol. The SMILES string of the molecule is COc1ccc(N2C(=O)C(c3ccc(-c4ccccc4)cc3)N(c3ccc(OC)cc3)C2=O)cc1. The first-order chi connectivity index (χ1) is 17.1. The van der Waals surface area contributed by atoms with Gasteiger partial charge in [0, 0.05) is 5.69 Å². The van der Waals surface area contributed by atoms with Gasteiger partial charge >= 0.3 is 6.03 Å². The molecule has 1 fully saturated rings. The van der Waals surface area contributed by atoms with Gasteiger partial charge in [0.25, 0.3) is 5.91 Å². The summed E-state index contributed by atoms with van der Waals surface area (Å²) in [6.45, 7) is 0. The van der Waals surface area contributed by atoms with E-state index < -0.39 is 12.1 Å². The molecule has 6 heteroatoms. The average Bonchev–Trinajstić information content (AvgIpc) is 3.19. The number of rotatable bonds is 6. The molecule has 5 rings (SSSR count). The third-order valence-corrected chi connectivity index (χ3v) is 6.12. The fourth-order valence-electron chi connectivity index (χ4n) is 4.30. The summed E-state index contributed by atoms with van der Waals surface area (Å²) in [6.07, 6.45) is 0. The second kappa shape index (κ2) is 9.35. The number of carbonyl (C=O) groups is 2. The summed E-state index contributed by atoms with van der Waals surface area (Å²) in [5.74, 6) is 0.999. The van der Waals surface area contributed by atoms with Gasteiger partial charge in [-0.15, -0.1) is 0 Å². The summed E-state index contributed by atoms with van der Waals surface area (Å²) in [5.41, 5.74) is 3.95. The van der Waals surface area contributed by atoms with Crippen molar-refractivity contribution in [1.82, 2.24) is 0 Å². The number of methoxy groups -OCH3 is 2. The highest BCUT2D eigenvalue weighted by molar-refractivity contribution is 6.28. The summed E-state index contributed by atoms with van der Waals surface area (Å²) in [7, 11) is 3.16. The molecular weight excluding hydrogens is 440 g/mol. The molecule has 0 aromatic heterocycles. The van der Waals surface area contributed by atoms with Crippen molar-refractivity contribution in [2.75, 3.05) is 24.0 Å². The molecule has 0 saturated carbocycles. The molecule has 3 amide bonds. The quantitative estimate of drug-likeness (QED) is 0.324. The first-order valence-corrected chi connectivity index (χ1v) is 11.2. The maximum absolute atomic E-state index is 13.7. The first kappa shape index (κ1) is 22.2. The van der Waals surface area contributed by atoms with E-state index in [-0.39, 0.29) is 5.91 Å². The molecule has 0 bridgehead atoms. The third-order valence-electron chi connectivity index (χ3n) is 6.12. The lowest BCUT2D eigenvalue weighted by molar-refractivity contribution is -0.118. The molecule has 1 heterocycles. The van der Waals surface area contributed by atoms with E-state index in [1.165, 1.54) is 9.80 Å². The third kappa shape index (κ3) is 4.10. The molecule has 1 saturated heterocycles. The second-order valence-corrected chi connectivity index (χ2v) is 8.11. The summed E-state index contributed by atoms with van der Waals surface area (Å²) >= 11 is 0. The number of amides is 3. The highest BCUT2D eigenvalue weighted by Gasteiger charge is 2.47. The Balaban J connectivity index is 1.56. The predicted octanol–water partition coefficient (Wildman–Crippen LogP) is 6.09. The maximum Gasteiger partial charge on any atom is 0.336 e.